The molecular weight excluding hydrogens is 472 g/mol. The van der Waals surface area contributed by atoms with Crippen LogP contribution in [0, 0.1) is 5.92 Å². The summed E-state index contributed by atoms with van der Waals surface area (Å²) >= 11 is 0. The number of aliphatic hydroxyl groups is 2. The molecule has 1 saturated carbocycles. The Morgan fingerprint density at radius 2 is 1.89 bits per heavy atom. The van der Waals surface area contributed by atoms with Crippen LogP contribution in [0.4, 0.5) is 0 Å². The zero-order valence-electron chi connectivity index (χ0n) is 20.8. The molecule has 0 aromatic rings. The number of ether oxygens (including phenoxy) is 3. The number of aliphatic hydroxyl groups excluding tert-OH is 2. The highest BCUT2D eigenvalue weighted by Crippen LogP contribution is 2.33. The third kappa shape index (κ3) is 5.68. The zero-order chi connectivity index (χ0) is 25.4. The van der Waals surface area contributed by atoms with Crippen LogP contribution in [0.5, 0.6) is 0 Å². The molecule has 5 aliphatic rings. The maximum Gasteiger partial charge on any atom is 0.248 e. The molecule has 7 atom stereocenters. The van der Waals surface area contributed by atoms with Crippen molar-refractivity contribution in [2.24, 2.45) is 5.92 Å². The van der Waals surface area contributed by atoms with Crippen molar-refractivity contribution in [3.63, 3.8) is 0 Å². The molecule has 6 bridgehead atoms. The number of morpholine rings is 1. The van der Waals surface area contributed by atoms with E-state index in [4.69, 9.17) is 14.2 Å². The molecule has 5 fully saturated rings. The highest BCUT2D eigenvalue weighted by atomic mass is 16.5. The van der Waals surface area contributed by atoms with Crippen LogP contribution in [0.3, 0.4) is 0 Å². The summed E-state index contributed by atoms with van der Waals surface area (Å²) in [5, 5.41) is 24.2. The molecular formula is C24H38N4O8. The summed E-state index contributed by atoms with van der Waals surface area (Å²) in [6.45, 7) is 2.67. The molecule has 0 spiro atoms. The summed E-state index contributed by atoms with van der Waals surface area (Å²) in [5.74, 6) is 0.0347. The van der Waals surface area contributed by atoms with E-state index < -0.39 is 30.5 Å². The van der Waals surface area contributed by atoms with E-state index in [1.165, 1.54) is 24.9 Å². The Labute approximate surface area is 210 Å². The number of amides is 3. The van der Waals surface area contributed by atoms with Crippen molar-refractivity contribution in [3.05, 3.63) is 0 Å². The number of nitrogens with one attached hydrogen (secondary N) is 1. The molecule has 3 N–H and O–H groups in total. The summed E-state index contributed by atoms with van der Waals surface area (Å²) in [7, 11) is 1.42. The van der Waals surface area contributed by atoms with Crippen molar-refractivity contribution in [2.75, 3.05) is 59.6 Å². The largest absolute Gasteiger partial charge is 0.388 e. The van der Waals surface area contributed by atoms with Crippen molar-refractivity contribution in [1.82, 2.24) is 20.0 Å². The highest BCUT2D eigenvalue weighted by molar-refractivity contribution is 5.83. The Balaban J connectivity index is 1.39. The Morgan fingerprint density at radius 1 is 1.11 bits per heavy atom. The van der Waals surface area contributed by atoms with Crippen LogP contribution in [0.25, 0.3) is 0 Å². The molecule has 0 unspecified atom stereocenters. The highest BCUT2D eigenvalue weighted by Gasteiger charge is 2.46. The van der Waals surface area contributed by atoms with Crippen LogP contribution in [0.1, 0.15) is 25.7 Å². The van der Waals surface area contributed by atoms with Gasteiger partial charge in [0, 0.05) is 52.4 Å². The van der Waals surface area contributed by atoms with E-state index in [1.807, 2.05) is 4.90 Å². The van der Waals surface area contributed by atoms with Crippen molar-refractivity contribution >= 4 is 17.7 Å². The second kappa shape index (κ2) is 10.9. The molecule has 36 heavy (non-hydrogen) atoms. The smallest absolute Gasteiger partial charge is 0.248 e. The number of nitrogens with zero attached hydrogens (tertiary/aromatic N) is 3. The molecule has 0 aromatic carbocycles. The predicted octanol–water partition coefficient (Wildman–Crippen LogP) is -2.45. The molecule has 4 saturated heterocycles. The van der Waals surface area contributed by atoms with Gasteiger partial charge in [-0.15, -0.1) is 0 Å². The van der Waals surface area contributed by atoms with E-state index in [1.54, 1.807) is 0 Å². The first-order valence-corrected chi connectivity index (χ1v) is 13.0. The van der Waals surface area contributed by atoms with Gasteiger partial charge < -0.3 is 39.5 Å². The van der Waals surface area contributed by atoms with E-state index in [9.17, 15) is 24.6 Å². The van der Waals surface area contributed by atoms with Crippen LogP contribution in [-0.4, -0.2) is 145 Å². The molecule has 0 aromatic heterocycles. The lowest BCUT2D eigenvalue weighted by atomic mass is 10.0. The number of methoxy groups -OCH3 is 1. The maximum absolute atomic E-state index is 13.6. The second-order valence-corrected chi connectivity index (χ2v) is 10.8. The summed E-state index contributed by atoms with van der Waals surface area (Å²) in [6, 6.07) is -0.482. The molecule has 12 heteroatoms. The fourth-order valence-corrected chi connectivity index (χ4v) is 5.91. The molecule has 0 radical (unpaired) electrons. The fraction of sp³-hybridized carbons (Fsp3) is 0.875. The lowest BCUT2D eigenvalue weighted by Gasteiger charge is -2.38. The number of hydrogen-bond donors (Lipinski definition) is 3. The summed E-state index contributed by atoms with van der Waals surface area (Å²) in [5.41, 5.74) is 0. The van der Waals surface area contributed by atoms with Gasteiger partial charge in [0.2, 0.25) is 17.7 Å². The second-order valence-electron chi connectivity index (χ2n) is 10.8. The monoisotopic (exact) mass is 510 g/mol. The average molecular weight is 511 g/mol. The summed E-state index contributed by atoms with van der Waals surface area (Å²) in [4.78, 5) is 44.8. The van der Waals surface area contributed by atoms with Crippen LogP contribution in [0.15, 0.2) is 0 Å². The Kier molecular flexibility index (Phi) is 7.80. The van der Waals surface area contributed by atoms with E-state index in [0.29, 0.717) is 38.6 Å². The van der Waals surface area contributed by atoms with Crippen LogP contribution < -0.4 is 5.32 Å². The number of rotatable bonds is 4. The third-order valence-corrected chi connectivity index (χ3v) is 7.99. The molecule has 5 rings (SSSR count). The molecule has 1 aliphatic carbocycles. The van der Waals surface area contributed by atoms with Crippen LogP contribution in [0.2, 0.25) is 0 Å². The van der Waals surface area contributed by atoms with Gasteiger partial charge in [0.1, 0.15) is 24.9 Å². The van der Waals surface area contributed by atoms with Crippen molar-refractivity contribution < 1.29 is 38.8 Å². The average Bonchev–Trinajstić information content (AvgIpc) is 3.53. The lowest BCUT2D eigenvalue weighted by Crippen LogP contribution is -2.55. The van der Waals surface area contributed by atoms with Gasteiger partial charge in [-0.05, 0) is 25.2 Å². The van der Waals surface area contributed by atoms with Gasteiger partial charge in [-0.1, -0.05) is 0 Å². The van der Waals surface area contributed by atoms with Crippen LogP contribution in [-0.2, 0) is 28.6 Å². The number of fused-ring (bicyclic) bond motifs is 6. The van der Waals surface area contributed by atoms with E-state index >= 15 is 0 Å². The predicted molar refractivity (Wildman–Crippen MR) is 125 cm³/mol. The van der Waals surface area contributed by atoms with Gasteiger partial charge in [-0.2, -0.15) is 0 Å². The lowest BCUT2D eigenvalue weighted by molar-refractivity contribution is -0.148. The number of likely N-dealkylation sites (tertiary alicyclic amines) is 1. The number of hydrogen-bond acceptors (Lipinski definition) is 9. The van der Waals surface area contributed by atoms with E-state index in [2.05, 4.69) is 10.2 Å². The molecule has 4 heterocycles. The Hall–Kier alpha value is -1.83. The minimum Gasteiger partial charge on any atom is -0.388 e. The first kappa shape index (κ1) is 25.8. The normalized spacial score (nSPS) is 38.4. The topological polar surface area (TPSA) is 141 Å². The fourth-order valence-electron chi connectivity index (χ4n) is 5.91. The quantitative estimate of drug-likeness (QED) is 0.376. The molecule has 4 aliphatic heterocycles. The van der Waals surface area contributed by atoms with Crippen molar-refractivity contribution in [2.45, 2.75) is 68.3 Å². The van der Waals surface area contributed by atoms with Gasteiger partial charge in [-0.3, -0.25) is 19.3 Å². The molecule has 202 valence electrons. The third-order valence-electron chi connectivity index (χ3n) is 7.99. The number of carbonyl (C=O) groups is 3. The van der Waals surface area contributed by atoms with E-state index in [-0.39, 0.29) is 55.9 Å². The molecule has 3 amide bonds. The first-order valence-electron chi connectivity index (χ1n) is 13.0. The Morgan fingerprint density at radius 3 is 2.64 bits per heavy atom. The van der Waals surface area contributed by atoms with Gasteiger partial charge in [-0.25, -0.2) is 0 Å². The van der Waals surface area contributed by atoms with Gasteiger partial charge in [0.25, 0.3) is 0 Å². The van der Waals surface area contributed by atoms with Gasteiger partial charge in [0.15, 0.2) is 0 Å². The van der Waals surface area contributed by atoms with E-state index in [0.717, 1.165) is 6.54 Å². The van der Waals surface area contributed by atoms with Gasteiger partial charge >= 0.3 is 0 Å². The summed E-state index contributed by atoms with van der Waals surface area (Å²) < 4.78 is 16.9. The Bertz CT molecular complexity index is 841. The standard InChI is InChI=1S/C24H38N4O8/c1-34-13-21(30)28-11-16-10-26(4-5-35-16)24(33)17-6-15(9-27(17)8-14-2-3-14)25-20(29)7-18-22(31)23(32)19(12-28)36-18/h14-19,22-23,31-32H,2-13H2,1H3,(H,25,29)/t15-,16-,17-,18-,19+,22-,23+/m0/s1. The SMILES string of the molecule is COCC(=O)N1C[C@@H]2CN(CCO2)C(=O)[C@@H]2C[C@@H](CN2CC2CC2)NC(=O)C[C@@H]2O[C@H](C1)[C@@H](O)[C@H]2O. The minimum atomic E-state index is -1.25. The zero-order valence-corrected chi connectivity index (χ0v) is 20.8. The summed E-state index contributed by atoms with van der Waals surface area (Å²) in [6.07, 6.45) is -1.90. The van der Waals surface area contributed by atoms with Crippen LogP contribution >= 0.6 is 0 Å². The first-order chi connectivity index (χ1) is 17.3. The maximum atomic E-state index is 13.6. The van der Waals surface area contributed by atoms with Gasteiger partial charge in [0.05, 0.1) is 31.3 Å². The minimum absolute atomic E-state index is 0.00671. The van der Waals surface area contributed by atoms with Crippen molar-refractivity contribution in [3.8, 4) is 0 Å². The number of carbonyl (C=O) groups excluding carboxylic acids is 3. The molecule has 12 nitrogen and oxygen atoms in total. The van der Waals surface area contributed by atoms with Crippen molar-refractivity contribution in [1.29, 1.82) is 0 Å².